The van der Waals surface area contributed by atoms with Crippen molar-refractivity contribution in [1.29, 1.82) is 0 Å². The van der Waals surface area contributed by atoms with E-state index in [4.69, 9.17) is 4.74 Å². The Balaban J connectivity index is 1.65. The number of hydrogen-bond donors (Lipinski definition) is 2. The molecule has 0 atom stereocenters. The predicted molar refractivity (Wildman–Crippen MR) is 105 cm³/mol. The standard InChI is InChI=1S/C20H17BrN2O2/c1-25-19-4-2-3-18(13-19)22-16-9-11-17(12-10-16)23-20(24)14-5-7-15(21)8-6-14/h2-13,22H,1H3,(H,23,24). The van der Waals surface area contributed by atoms with E-state index < -0.39 is 0 Å². The topological polar surface area (TPSA) is 50.4 Å². The summed E-state index contributed by atoms with van der Waals surface area (Å²) in [4.78, 5) is 12.2. The Morgan fingerprint density at radius 3 is 2.24 bits per heavy atom. The monoisotopic (exact) mass is 396 g/mol. The third-order valence-electron chi connectivity index (χ3n) is 3.61. The average molecular weight is 397 g/mol. The maximum Gasteiger partial charge on any atom is 0.255 e. The van der Waals surface area contributed by atoms with Crippen molar-refractivity contribution in [1.82, 2.24) is 0 Å². The molecule has 1 amide bonds. The van der Waals surface area contributed by atoms with Crippen LogP contribution in [0.3, 0.4) is 0 Å². The summed E-state index contributed by atoms with van der Waals surface area (Å²) < 4.78 is 6.16. The lowest BCUT2D eigenvalue weighted by Crippen LogP contribution is -2.11. The molecule has 0 saturated carbocycles. The van der Waals surface area contributed by atoms with Crippen LogP contribution in [0.2, 0.25) is 0 Å². The molecule has 126 valence electrons. The first-order chi connectivity index (χ1) is 12.1. The molecule has 0 aliphatic carbocycles. The van der Waals surface area contributed by atoms with Gasteiger partial charge in [0.15, 0.2) is 0 Å². The summed E-state index contributed by atoms with van der Waals surface area (Å²) in [5, 5.41) is 6.18. The zero-order chi connectivity index (χ0) is 17.6. The quantitative estimate of drug-likeness (QED) is 0.602. The van der Waals surface area contributed by atoms with Crippen LogP contribution in [0.4, 0.5) is 17.1 Å². The fourth-order valence-electron chi connectivity index (χ4n) is 2.31. The molecule has 2 N–H and O–H groups in total. The van der Waals surface area contributed by atoms with Gasteiger partial charge in [0.1, 0.15) is 5.75 Å². The molecule has 0 unspecified atom stereocenters. The van der Waals surface area contributed by atoms with Gasteiger partial charge < -0.3 is 15.4 Å². The van der Waals surface area contributed by atoms with Crippen molar-refractivity contribution < 1.29 is 9.53 Å². The van der Waals surface area contributed by atoms with Crippen LogP contribution in [-0.4, -0.2) is 13.0 Å². The molecule has 3 rings (SSSR count). The molecule has 0 heterocycles. The minimum absolute atomic E-state index is 0.138. The van der Waals surface area contributed by atoms with Gasteiger partial charge in [-0.05, 0) is 60.7 Å². The van der Waals surface area contributed by atoms with E-state index in [1.165, 1.54) is 0 Å². The van der Waals surface area contributed by atoms with E-state index in [0.29, 0.717) is 5.56 Å². The maximum atomic E-state index is 12.2. The van der Waals surface area contributed by atoms with Crippen LogP contribution >= 0.6 is 15.9 Å². The van der Waals surface area contributed by atoms with E-state index in [2.05, 4.69) is 26.6 Å². The highest BCUT2D eigenvalue weighted by Crippen LogP contribution is 2.22. The van der Waals surface area contributed by atoms with E-state index >= 15 is 0 Å². The fraction of sp³-hybridized carbons (Fsp3) is 0.0500. The molecule has 5 heteroatoms. The van der Waals surface area contributed by atoms with Crippen LogP contribution in [0.25, 0.3) is 0 Å². The highest BCUT2D eigenvalue weighted by Gasteiger charge is 2.06. The van der Waals surface area contributed by atoms with Crippen LogP contribution in [-0.2, 0) is 0 Å². The zero-order valence-electron chi connectivity index (χ0n) is 13.6. The number of methoxy groups -OCH3 is 1. The summed E-state index contributed by atoms with van der Waals surface area (Å²) in [6.07, 6.45) is 0. The minimum Gasteiger partial charge on any atom is -0.497 e. The molecule has 3 aromatic rings. The van der Waals surface area contributed by atoms with Crippen molar-refractivity contribution in [3.63, 3.8) is 0 Å². The van der Waals surface area contributed by atoms with Gasteiger partial charge in [-0.15, -0.1) is 0 Å². The second-order valence-corrected chi connectivity index (χ2v) is 6.31. The van der Waals surface area contributed by atoms with E-state index in [1.54, 1.807) is 19.2 Å². The predicted octanol–water partition coefficient (Wildman–Crippen LogP) is 5.45. The van der Waals surface area contributed by atoms with Crippen LogP contribution in [0.1, 0.15) is 10.4 Å². The number of amides is 1. The van der Waals surface area contributed by atoms with Gasteiger partial charge in [-0.2, -0.15) is 0 Å². The third kappa shape index (κ3) is 4.61. The Morgan fingerprint density at radius 2 is 1.56 bits per heavy atom. The first-order valence-electron chi connectivity index (χ1n) is 7.72. The number of carbonyl (C=O) groups is 1. The second-order valence-electron chi connectivity index (χ2n) is 5.40. The van der Waals surface area contributed by atoms with E-state index in [1.807, 2.05) is 60.7 Å². The van der Waals surface area contributed by atoms with Crippen molar-refractivity contribution in [2.24, 2.45) is 0 Å². The van der Waals surface area contributed by atoms with Gasteiger partial charge in [-0.3, -0.25) is 4.79 Å². The van der Waals surface area contributed by atoms with Gasteiger partial charge in [0.2, 0.25) is 0 Å². The van der Waals surface area contributed by atoms with Crippen molar-refractivity contribution in [2.75, 3.05) is 17.7 Å². The van der Waals surface area contributed by atoms with Crippen LogP contribution < -0.4 is 15.4 Å². The Hall–Kier alpha value is -2.79. The summed E-state index contributed by atoms with van der Waals surface area (Å²) in [5.74, 6) is 0.657. The molecule has 0 saturated heterocycles. The minimum atomic E-state index is -0.138. The number of carbonyl (C=O) groups excluding carboxylic acids is 1. The highest BCUT2D eigenvalue weighted by molar-refractivity contribution is 9.10. The van der Waals surface area contributed by atoms with Crippen LogP contribution in [0.15, 0.2) is 77.3 Å². The number of anilines is 3. The molecular weight excluding hydrogens is 380 g/mol. The van der Waals surface area contributed by atoms with Crippen molar-refractivity contribution >= 4 is 38.9 Å². The molecule has 0 aliphatic heterocycles. The van der Waals surface area contributed by atoms with Crippen LogP contribution in [0, 0.1) is 0 Å². The number of hydrogen-bond acceptors (Lipinski definition) is 3. The van der Waals surface area contributed by atoms with Gasteiger partial charge in [0.25, 0.3) is 5.91 Å². The molecule has 0 aromatic heterocycles. The van der Waals surface area contributed by atoms with Crippen molar-refractivity contribution in [3.8, 4) is 5.75 Å². The van der Waals surface area contributed by atoms with E-state index in [0.717, 1.165) is 27.3 Å². The second kappa shape index (κ2) is 7.85. The summed E-state index contributed by atoms with van der Waals surface area (Å²) in [7, 11) is 1.64. The molecular formula is C20H17BrN2O2. The number of rotatable bonds is 5. The maximum absolute atomic E-state index is 12.2. The largest absolute Gasteiger partial charge is 0.497 e. The lowest BCUT2D eigenvalue weighted by molar-refractivity contribution is 0.102. The normalized spacial score (nSPS) is 10.2. The summed E-state index contributed by atoms with van der Waals surface area (Å²) >= 11 is 3.36. The smallest absolute Gasteiger partial charge is 0.255 e. The van der Waals surface area contributed by atoms with Gasteiger partial charge in [0.05, 0.1) is 7.11 Å². The average Bonchev–Trinajstić information content (AvgIpc) is 2.64. The number of benzene rings is 3. The lowest BCUT2D eigenvalue weighted by atomic mass is 10.2. The first-order valence-corrected chi connectivity index (χ1v) is 8.51. The van der Waals surface area contributed by atoms with Gasteiger partial charge in [-0.25, -0.2) is 0 Å². The lowest BCUT2D eigenvalue weighted by Gasteiger charge is -2.10. The van der Waals surface area contributed by atoms with E-state index in [-0.39, 0.29) is 5.91 Å². The Bertz CT molecular complexity index is 862. The van der Waals surface area contributed by atoms with E-state index in [9.17, 15) is 4.79 Å². The molecule has 3 aromatic carbocycles. The SMILES string of the molecule is COc1cccc(Nc2ccc(NC(=O)c3ccc(Br)cc3)cc2)c1. The molecule has 0 bridgehead atoms. The van der Waals surface area contributed by atoms with Crippen molar-refractivity contribution in [3.05, 3.63) is 82.8 Å². The highest BCUT2D eigenvalue weighted by atomic mass is 79.9. The van der Waals surface area contributed by atoms with Crippen molar-refractivity contribution in [2.45, 2.75) is 0 Å². The zero-order valence-corrected chi connectivity index (χ0v) is 15.2. The third-order valence-corrected chi connectivity index (χ3v) is 4.14. The molecule has 0 fully saturated rings. The molecule has 0 aliphatic rings. The molecule has 0 spiro atoms. The Labute approximate surface area is 155 Å². The number of halogens is 1. The van der Waals surface area contributed by atoms with Gasteiger partial charge >= 0.3 is 0 Å². The summed E-state index contributed by atoms with van der Waals surface area (Å²) in [6, 6.07) is 22.5. The summed E-state index contributed by atoms with van der Waals surface area (Å²) in [5.41, 5.74) is 3.21. The van der Waals surface area contributed by atoms with Gasteiger partial charge in [-0.1, -0.05) is 22.0 Å². The fourth-order valence-corrected chi connectivity index (χ4v) is 2.57. The Kier molecular flexibility index (Phi) is 5.36. The summed E-state index contributed by atoms with van der Waals surface area (Å²) in [6.45, 7) is 0. The molecule has 0 radical (unpaired) electrons. The number of ether oxygens (including phenoxy) is 1. The molecule has 4 nitrogen and oxygen atoms in total. The van der Waals surface area contributed by atoms with Crippen LogP contribution in [0.5, 0.6) is 5.75 Å². The number of nitrogens with one attached hydrogen (secondary N) is 2. The molecule has 25 heavy (non-hydrogen) atoms. The van der Waals surface area contributed by atoms with Gasteiger partial charge in [0, 0.05) is 33.2 Å². The first kappa shape index (κ1) is 17.0. The Morgan fingerprint density at radius 1 is 0.880 bits per heavy atom.